The van der Waals surface area contributed by atoms with Gasteiger partial charge in [-0.3, -0.25) is 4.79 Å². The van der Waals surface area contributed by atoms with Crippen molar-refractivity contribution in [1.29, 1.82) is 0 Å². The number of Topliss-reactive ketones (excluding diaryl/α,β-unsaturated/α-hetero) is 1. The molecule has 0 bridgehead atoms. The van der Waals surface area contributed by atoms with Gasteiger partial charge >= 0.3 is 0 Å². The molecule has 0 unspecified atom stereocenters. The summed E-state index contributed by atoms with van der Waals surface area (Å²) in [7, 11) is 0. The molecule has 3 heteroatoms. The fourth-order valence-electron chi connectivity index (χ4n) is 2.67. The molecule has 2 rings (SSSR count). The Bertz CT molecular complexity index is 812. The van der Waals surface area contributed by atoms with Crippen LogP contribution in [0, 0.1) is 5.41 Å². The van der Waals surface area contributed by atoms with Gasteiger partial charge in [-0.15, -0.1) is 0 Å². The highest BCUT2D eigenvalue weighted by Gasteiger charge is 2.28. The van der Waals surface area contributed by atoms with Gasteiger partial charge in [-0.2, -0.15) is 0 Å². The number of rotatable bonds is 3. The smallest absolute Gasteiger partial charge is 0.171 e. The lowest BCUT2D eigenvalue weighted by atomic mass is 9.85. The number of fused-ring (bicyclic) bond motifs is 1. The third-order valence-electron chi connectivity index (χ3n) is 3.68. The first-order valence-electron chi connectivity index (χ1n) is 9.16. The molecule has 0 saturated carbocycles. The minimum atomic E-state index is -0.483. The Morgan fingerprint density at radius 1 is 0.731 bits per heavy atom. The van der Waals surface area contributed by atoms with Gasteiger partial charge in [0.05, 0.1) is 5.56 Å². The van der Waals surface area contributed by atoms with Crippen molar-refractivity contribution in [3.8, 4) is 11.5 Å². The number of ether oxygens (including phenoxy) is 2. The summed E-state index contributed by atoms with van der Waals surface area (Å²) in [6, 6.07) is 9.85. The van der Waals surface area contributed by atoms with Gasteiger partial charge in [0.15, 0.2) is 5.78 Å². The first-order chi connectivity index (χ1) is 11.7. The van der Waals surface area contributed by atoms with E-state index in [1.54, 1.807) is 0 Å². The lowest BCUT2D eigenvalue weighted by molar-refractivity contribution is 0.0840. The molecule has 142 valence electrons. The second kappa shape index (κ2) is 6.61. The Hall–Kier alpha value is -2.03. The molecule has 0 atom stereocenters. The van der Waals surface area contributed by atoms with E-state index in [0.717, 1.165) is 16.5 Å². The van der Waals surface area contributed by atoms with Gasteiger partial charge in [0.25, 0.3) is 0 Å². The van der Waals surface area contributed by atoms with Gasteiger partial charge in [-0.25, -0.2) is 0 Å². The van der Waals surface area contributed by atoms with E-state index < -0.39 is 5.41 Å². The third-order valence-corrected chi connectivity index (χ3v) is 3.68. The monoisotopic (exact) mass is 356 g/mol. The molecule has 0 saturated heterocycles. The number of ketones is 1. The maximum atomic E-state index is 13.0. The van der Waals surface area contributed by atoms with Crippen LogP contribution in [0.4, 0.5) is 0 Å². The number of carbonyl (C=O) groups excluding carboxylic acids is 1. The Morgan fingerprint density at radius 3 is 1.81 bits per heavy atom. The zero-order valence-corrected chi connectivity index (χ0v) is 17.6. The van der Waals surface area contributed by atoms with Crippen molar-refractivity contribution in [3.63, 3.8) is 0 Å². The summed E-state index contributed by atoms with van der Waals surface area (Å²) in [4.78, 5) is 13.0. The molecule has 0 amide bonds. The maximum absolute atomic E-state index is 13.0. The van der Waals surface area contributed by atoms with Crippen LogP contribution >= 0.6 is 0 Å². The fourth-order valence-corrected chi connectivity index (χ4v) is 2.67. The molecule has 0 fully saturated rings. The highest BCUT2D eigenvalue weighted by Crippen LogP contribution is 2.35. The molecule has 2 aromatic carbocycles. The van der Waals surface area contributed by atoms with Crippen molar-refractivity contribution in [2.75, 3.05) is 0 Å². The summed E-state index contributed by atoms with van der Waals surface area (Å²) in [6.07, 6.45) is 0. The van der Waals surface area contributed by atoms with Gasteiger partial charge in [-0.1, -0.05) is 26.8 Å². The van der Waals surface area contributed by atoms with Gasteiger partial charge in [0, 0.05) is 5.41 Å². The summed E-state index contributed by atoms with van der Waals surface area (Å²) in [5.41, 5.74) is -0.514. The molecule has 0 aliphatic carbocycles. The van der Waals surface area contributed by atoms with Crippen LogP contribution in [0.15, 0.2) is 30.3 Å². The Kier molecular flexibility index (Phi) is 5.15. The fraction of sp³-hybridized carbons (Fsp3) is 0.522. The minimum Gasteiger partial charge on any atom is -0.488 e. The molecule has 2 aromatic rings. The number of hydrogen-bond acceptors (Lipinski definition) is 3. The molecule has 26 heavy (non-hydrogen) atoms. The van der Waals surface area contributed by atoms with Crippen LogP contribution in [0.1, 0.15) is 72.7 Å². The number of carbonyl (C=O) groups is 1. The Balaban J connectivity index is 2.62. The van der Waals surface area contributed by atoms with Gasteiger partial charge in [-0.05, 0) is 76.6 Å². The molecular formula is C23H32O3. The molecule has 0 heterocycles. The van der Waals surface area contributed by atoms with Crippen LogP contribution in [-0.4, -0.2) is 17.0 Å². The molecule has 0 radical (unpaired) electrons. The van der Waals surface area contributed by atoms with Crippen molar-refractivity contribution in [1.82, 2.24) is 0 Å². The number of hydrogen-bond donors (Lipinski definition) is 0. The summed E-state index contributed by atoms with van der Waals surface area (Å²) >= 11 is 0. The Labute approximate surface area is 157 Å². The summed E-state index contributed by atoms with van der Waals surface area (Å²) in [5.74, 6) is 1.50. The highest BCUT2D eigenvalue weighted by molar-refractivity contribution is 6.05. The van der Waals surface area contributed by atoms with Crippen molar-refractivity contribution in [3.05, 3.63) is 35.9 Å². The van der Waals surface area contributed by atoms with Crippen molar-refractivity contribution in [2.24, 2.45) is 5.41 Å². The van der Waals surface area contributed by atoms with E-state index in [9.17, 15) is 4.79 Å². The molecular weight excluding hydrogens is 324 g/mol. The van der Waals surface area contributed by atoms with Crippen LogP contribution in [0.2, 0.25) is 0 Å². The molecule has 0 N–H and O–H groups in total. The summed E-state index contributed by atoms with van der Waals surface area (Å²) in [6.45, 7) is 17.8. The first kappa shape index (κ1) is 20.3. The lowest BCUT2D eigenvalue weighted by Crippen LogP contribution is -2.26. The standard InChI is InChI=1S/C23H32O3/c1-21(2,3)20(24)18-13-16-12-17(25-22(4,5)6)11-10-15(16)14-19(18)26-23(7,8)9/h10-14H,1-9H3. The topological polar surface area (TPSA) is 35.5 Å². The molecule has 0 aromatic heterocycles. The molecule has 0 aliphatic rings. The van der Waals surface area contributed by atoms with Crippen LogP contribution in [0.3, 0.4) is 0 Å². The quantitative estimate of drug-likeness (QED) is 0.595. The third kappa shape index (κ3) is 5.23. The zero-order valence-electron chi connectivity index (χ0n) is 17.6. The van der Waals surface area contributed by atoms with E-state index in [1.165, 1.54) is 0 Å². The van der Waals surface area contributed by atoms with Crippen LogP contribution in [0.25, 0.3) is 10.8 Å². The van der Waals surface area contributed by atoms with Crippen molar-refractivity contribution in [2.45, 2.75) is 73.5 Å². The van der Waals surface area contributed by atoms with E-state index in [2.05, 4.69) is 0 Å². The summed E-state index contributed by atoms with van der Waals surface area (Å²) < 4.78 is 12.1. The second-order valence-corrected chi connectivity index (χ2v) is 9.87. The van der Waals surface area contributed by atoms with Crippen molar-refractivity contribution < 1.29 is 14.3 Å². The lowest BCUT2D eigenvalue weighted by Gasteiger charge is -2.26. The molecule has 0 spiro atoms. The largest absolute Gasteiger partial charge is 0.488 e. The summed E-state index contributed by atoms with van der Waals surface area (Å²) in [5, 5.41) is 2.00. The first-order valence-corrected chi connectivity index (χ1v) is 9.16. The van der Waals surface area contributed by atoms with Crippen LogP contribution < -0.4 is 9.47 Å². The van der Waals surface area contributed by atoms with E-state index in [-0.39, 0.29) is 17.0 Å². The molecule has 0 aliphatic heterocycles. The van der Waals surface area contributed by atoms with E-state index in [1.807, 2.05) is 92.6 Å². The average Bonchev–Trinajstić information content (AvgIpc) is 2.41. The van der Waals surface area contributed by atoms with Crippen LogP contribution in [-0.2, 0) is 0 Å². The second-order valence-electron chi connectivity index (χ2n) is 9.87. The average molecular weight is 357 g/mol. The Morgan fingerprint density at radius 2 is 1.31 bits per heavy atom. The van der Waals surface area contributed by atoms with E-state index >= 15 is 0 Å². The SMILES string of the molecule is CC(C)(C)Oc1ccc2cc(OC(C)(C)C)c(C(=O)C(C)(C)C)cc2c1. The van der Waals surface area contributed by atoms with E-state index in [4.69, 9.17) is 9.47 Å². The van der Waals surface area contributed by atoms with Gasteiger partial charge < -0.3 is 9.47 Å². The predicted octanol–water partition coefficient (Wildman–Crippen LogP) is 6.42. The van der Waals surface area contributed by atoms with Crippen molar-refractivity contribution >= 4 is 16.6 Å². The number of benzene rings is 2. The normalized spacial score (nSPS) is 13.0. The van der Waals surface area contributed by atoms with Gasteiger partial charge in [0.1, 0.15) is 22.7 Å². The predicted molar refractivity (Wildman–Crippen MR) is 108 cm³/mol. The highest BCUT2D eigenvalue weighted by atomic mass is 16.5. The zero-order chi connectivity index (χ0) is 19.9. The van der Waals surface area contributed by atoms with Crippen LogP contribution in [0.5, 0.6) is 11.5 Å². The molecule has 3 nitrogen and oxygen atoms in total. The minimum absolute atomic E-state index is 0.0702. The van der Waals surface area contributed by atoms with Gasteiger partial charge in [0.2, 0.25) is 0 Å². The van der Waals surface area contributed by atoms with E-state index in [0.29, 0.717) is 11.3 Å². The maximum Gasteiger partial charge on any atom is 0.171 e.